The molecule has 1 aliphatic heterocycles. The highest BCUT2D eigenvalue weighted by atomic mass is 35.5. The van der Waals surface area contributed by atoms with Crippen molar-refractivity contribution in [1.29, 1.82) is 0 Å². The van der Waals surface area contributed by atoms with Crippen molar-refractivity contribution in [2.24, 2.45) is 5.73 Å². The van der Waals surface area contributed by atoms with Gasteiger partial charge in [-0.05, 0) is 30.5 Å². The number of rotatable bonds is 2. The van der Waals surface area contributed by atoms with Crippen LogP contribution in [0.1, 0.15) is 18.4 Å². The van der Waals surface area contributed by atoms with Crippen molar-refractivity contribution in [3.63, 3.8) is 0 Å². The van der Waals surface area contributed by atoms with Crippen molar-refractivity contribution in [3.8, 4) is 0 Å². The van der Waals surface area contributed by atoms with Gasteiger partial charge in [-0.25, -0.2) is 8.78 Å². The van der Waals surface area contributed by atoms with Crippen LogP contribution in [-0.4, -0.2) is 29.9 Å². The van der Waals surface area contributed by atoms with Crippen LogP contribution in [0.3, 0.4) is 0 Å². The van der Waals surface area contributed by atoms with Crippen LogP contribution in [0.5, 0.6) is 0 Å². The maximum absolute atomic E-state index is 13.0. The summed E-state index contributed by atoms with van der Waals surface area (Å²) in [7, 11) is 0. The average Bonchev–Trinajstić information content (AvgIpc) is 2.27. The molecule has 0 radical (unpaired) electrons. The topological polar surface area (TPSA) is 46.3 Å². The molecular weight excluding hydrogens is 274 g/mol. The second-order valence-corrected chi connectivity index (χ2v) is 4.70. The largest absolute Gasteiger partial charge is 0.341 e. The van der Waals surface area contributed by atoms with E-state index in [-0.39, 0.29) is 30.8 Å². The van der Waals surface area contributed by atoms with E-state index in [0.717, 1.165) is 18.9 Å². The first-order valence-corrected chi connectivity index (χ1v) is 6.03. The number of piperidine rings is 1. The summed E-state index contributed by atoms with van der Waals surface area (Å²) in [6.45, 7) is 1.20. The molecule has 1 fully saturated rings. The van der Waals surface area contributed by atoms with Crippen molar-refractivity contribution < 1.29 is 13.6 Å². The Hall–Kier alpha value is -1.20. The van der Waals surface area contributed by atoms with E-state index >= 15 is 0 Å². The molecule has 0 aromatic heterocycles. The predicted octanol–water partition coefficient (Wildman–Crippen LogP) is 1.88. The minimum atomic E-state index is -0.659. The Balaban J connectivity index is 0.00000180. The van der Waals surface area contributed by atoms with Gasteiger partial charge in [0.2, 0.25) is 5.91 Å². The van der Waals surface area contributed by atoms with E-state index in [1.807, 2.05) is 0 Å². The van der Waals surface area contributed by atoms with Crippen molar-refractivity contribution >= 4 is 18.3 Å². The van der Waals surface area contributed by atoms with E-state index in [1.165, 1.54) is 12.1 Å². The highest BCUT2D eigenvalue weighted by Gasteiger charge is 2.21. The van der Waals surface area contributed by atoms with E-state index < -0.39 is 11.6 Å². The third-order valence-corrected chi connectivity index (χ3v) is 3.09. The molecule has 0 aliphatic carbocycles. The summed E-state index contributed by atoms with van der Waals surface area (Å²) in [5.74, 6) is -1.45. The van der Waals surface area contributed by atoms with Gasteiger partial charge in [-0.3, -0.25) is 4.79 Å². The fraction of sp³-hybridized carbons (Fsp3) is 0.462. The molecule has 2 N–H and O–H groups in total. The summed E-state index contributed by atoms with van der Waals surface area (Å²) < 4.78 is 26.0. The van der Waals surface area contributed by atoms with E-state index in [9.17, 15) is 13.6 Å². The molecule has 1 heterocycles. The molecule has 1 aromatic carbocycles. The highest BCUT2D eigenvalue weighted by molar-refractivity contribution is 5.85. The third kappa shape index (κ3) is 4.44. The number of carbonyl (C=O) groups excluding carboxylic acids is 1. The SMILES string of the molecule is Cl.NC1CCCN(C(=O)Cc2cc(F)cc(F)c2)C1. The van der Waals surface area contributed by atoms with Gasteiger partial charge in [0.1, 0.15) is 11.6 Å². The Labute approximate surface area is 117 Å². The number of carbonyl (C=O) groups is 1. The van der Waals surface area contributed by atoms with Gasteiger partial charge in [-0.2, -0.15) is 0 Å². The zero-order chi connectivity index (χ0) is 13.1. The van der Waals surface area contributed by atoms with Crippen LogP contribution in [-0.2, 0) is 11.2 Å². The fourth-order valence-corrected chi connectivity index (χ4v) is 2.24. The van der Waals surface area contributed by atoms with Crippen LogP contribution >= 0.6 is 12.4 Å². The Bertz CT molecular complexity index is 436. The second-order valence-electron chi connectivity index (χ2n) is 4.70. The summed E-state index contributed by atoms with van der Waals surface area (Å²) in [5, 5.41) is 0. The summed E-state index contributed by atoms with van der Waals surface area (Å²) in [6.07, 6.45) is 1.81. The van der Waals surface area contributed by atoms with Crippen LogP contribution < -0.4 is 5.73 Å². The van der Waals surface area contributed by atoms with Crippen molar-refractivity contribution in [2.45, 2.75) is 25.3 Å². The molecule has 2 rings (SSSR count). The molecule has 3 nitrogen and oxygen atoms in total. The summed E-state index contributed by atoms with van der Waals surface area (Å²) in [5.41, 5.74) is 6.15. The van der Waals surface area contributed by atoms with Crippen LogP contribution in [0.4, 0.5) is 8.78 Å². The first kappa shape index (κ1) is 15.9. The molecule has 6 heteroatoms. The zero-order valence-electron chi connectivity index (χ0n) is 10.4. The van der Waals surface area contributed by atoms with Gasteiger partial charge in [0.25, 0.3) is 0 Å². The molecule has 1 aliphatic rings. The number of amides is 1. The Morgan fingerprint density at radius 1 is 1.32 bits per heavy atom. The van der Waals surface area contributed by atoms with Crippen molar-refractivity contribution in [1.82, 2.24) is 4.90 Å². The van der Waals surface area contributed by atoms with E-state index in [1.54, 1.807) is 4.90 Å². The average molecular weight is 291 g/mol. The number of likely N-dealkylation sites (tertiary alicyclic amines) is 1. The fourth-order valence-electron chi connectivity index (χ4n) is 2.24. The minimum absolute atomic E-state index is 0. The summed E-state index contributed by atoms with van der Waals surface area (Å²) in [6, 6.07) is 3.17. The first-order valence-electron chi connectivity index (χ1n) is 6.03. The molecule has 19 heavy (non-hydrogen) atoms. The van der Waals surface area contributed by atoms with Gasteiger partial charge in [-0.1, -0.05) is 0 Å². The molecule has 1 saturated heterocycles. The van der Waals surface area contributed by atoms with Gasteiger partial charge < -0.3 is 10.6 Å². The third-order valence-electron chi connectivity index (χ3n) is 3.09. The lowest BCUT2D eigenvalue weighted by molar-refractivity contribution is -0.131. The van der Waals surface area contributed by atoms with Gasteiger partial charge >= 0.3 is 0 Å². The van der Waals surface area contributed by atoms with Gasteiger partial charge in [0.15, 0.2) is 0 Å². The molecule has 0 saturated carbocycles. The van der Waals surface area contributed by atoms with Gasteiger partial charge in [-0.15, -0.1) is 12.4 Å². The zero-order valence-corrected chi connectivity index (χ0v) is 11.3. The van der Waals surface area contributed by atoms with E-state index in [2.05, 4.69) is 0 Å². The Morgan fingerprint density at radius 3 is 2.53 bits per heavy atom. The van der Waals surface area contributed by atoms with E-state index in [0.29, 0.717) is 18.7 Å². The van der Waals surface area contributed by atoms with Crippen LogP contribution in [0, 0.1) is 11.6 Å². The van der Waals surface area contributed by atoms with Crippen LogP contribution in [0.25, 0.3) is 0 Å². The van der Waals surface area contributed by atoms with E-state index in [4.69, 9.17) is 5.73 Å². The quantitative estimate of drug-likeness (QED) is 0.904. The van der Waals surface area contributed by atoms with Crippen molar-refractivity contribution in [2.75, 3.05) is 13.1 Å². The van der Waals surface area contributed by atoms with Gasteiger partial charge in [0, 0.05) is 25.2 Å². The maximum atomic E-state index is 13.0. The lowest BCUT2D eigenvalue weighted by atomic mass is 10.0. The number of hydrogen-bond acceptors (Lipinski definition) is 2. The molecule has 1 atom stereocenters. The molecule has 1 unspecified atom stereocenters. The maximum Gasteiger partial charge on any atom is 0.227 e. The lowest BCUT2D eigenvalue weighted by Gasteiger charge is -2.30. The summed E-state index contributed by atoms with van der Waals surface area (Å²) in [4.78, 5) is 13.6. The number of halogens is 3. The monoisotopic (exact) mass is 290 g/mol. The molecule has 0 spiro atoms. The number of benzene rings is 1. The molecule has 1 aromatic rings. The summed E-state index contributed by atoms with van der Waals surface area (Å²) >= 11 is 0. The Morgan fingerprint density at radius 2 is 1.95 bits per heavy atom. The predicted molar refractivity (Wildman–Crippen MR) is 71.1 cm³/mol. The highest BCUT2D eigenvalue weighted by Crippen LogP contribution is 2.13. The Kier molecular flexibility index (Phi) is 5.69. The molecular formula is C13H17ClF2N2O. The van der Waals surface area contributed by atoms with Gasteiger partial charge in [0.05, 0.1) is 6.42 Å². The second kappa shape index (κ2) is 6.82. The first-order chi connectivity index (χ1) is 8.54. The molecule has 1 amide bonds. The number of hydrogen-bond donors (Lipinski definition) is 1. The minimum Gasteiger partial charge on any atom is -0.341 e. The van der Waals surface area contributed by atoms with Crippen molar-refractivity contribution in [3.05, 3.63) is 35.4 Å². The van der Waals surface area contributed by atoms with Crippen LogP contribution in [0.15, 0.2) is 18.2 Å². The van der Waals surface area contributed by atoms with Crippen LogP contribution in [0.2, 0.25) is 0 Å². The lowest BCUT2D eigenvalue weighted by Crippen LogP contribution is -2.46. The number of nitrogens with zero attached hydrogens (tertiary/aromatic N) is 1. The normalized spacial score (nSPS) is 18.9. The molecule has 0 bridgehead atoms. The number of nitrogens with two attached hydrogens (primary N) is 1. The smallest absolute Gasteiger partial charge is 0.227 e. The molecule has 106 valence electrons. The standard InChI is InChI=1S/C13H16F2N2O.ClH/c14-10-4-9(5-11(15)7-10)6-13(18)17-3-1-2-12(16)8-17;/h4-5,7,12H,1-3,6,8,16H2;1H.